The summed E-state index contributed by atoms with van der Waals surface area (Å²) in [5.74, 6) is 0.718. The van der Waals surface area contributed by atoms with Crippen LogP contribution in [0.5, 0.6) is 17.2 Å². The molecule has 0 radical (unpaired) electrons. The Morgan fingerprint density at radius 3 is 2.16 bits per heavy atom. The Kier molecular flexibility index (Phi) is 4.89. The molecule has 1 saturated carbocycles. The minimum Gasteiger partial charge on any atom is -0.508 e. The molecule has 0 atom stereocenters. The van der Waals surface area contributed by atoms with Crippen molar-refractivity contribution in [2.45, 2.75) is 19.3 Å². The highest BCUT2D eigenvalue weighted by molar-refractivity contribution is 6.14. The van der Waals surface area contributed by atoms with E-state index in [1.165, 1.54) is 7.11 Å². The standard InChI is InChI=1S/C21H20O4/c1-25-20-13-15(7-10-19(20)23)12-17-4-2-3-16(21(17)24)11-14-5-8-18(22)9-6-14/h5-13,22-23H,2-4H2,1H3/b16-11-,17-12-. The number of carbonyl (C=O) groups excluding carboxylic acids is 1. The quantitative estimate of drug-likeness (QED) is 0.819. The molecule has 128 valence electrons. The molecular formula is C21H20O4. The Bertz CT molecular complexity index is 845. The van der Waals surface area contributed by atoms with E-state index in [1.807, 2.05) is 12.2 Å². The van der Waals surface area contributed by atoms with E-state index in [9.17, 15) is 15.0 Å². The minimum atomic E-state index is 0.0476. The predicted molar refractivity (Wildman–Crippen MR) is 97.6 cm³/mol. The Morgan fingerprint density at radius 1 is 0.920 bits per heavy atom. The van der Waals surface area contributed by atoms with Gasteiger partial charge in [-0.15, -0.1) is 0 Å². The van der Waals surface area contributed by atoms with Crippen LogP contribution in [0.4, 0.5) is 0 Å². The van der Waals surface area contributed by atoms with Gasteiger partial charge in [0, 0.05) is 11.1 Å². The second-order valence-corrected chi connectivity index (χ2v) is 6.04. The first-order valence-electron chi connectivity index (χ1n) is 8.18. The summed E-state index contributed by atoms with van der Waals surface area (Å²) in [4.78, 5) is 12.8. The van der Waals surface area contributed by atoms with Gasteiger partial charge in [-0.25, -0.2) is 0 Å². The van der Waals surface area contributed by atoms with Crippen molar-refractivity contribution in [1.82, 2.24) is 0 Å². The Balaban J connectivity index is 1.88. The predicted octanol–water partition coefficient (Wildman–Crippen LogP) is 4.33. The first-order chi connectivity index (χ1) is 12.1. The second kappa shape index (κ2) is 7.26. The van der Waals surface area contributed by atoms with Gasteiger partial charge in [0.25, 0.3) is 0 Å². The van der Waals surface area contributed by atoms with E-state index in [4.69, 9.17) is 4.74 Å². The number of ether oxygens (including phenoxy) is 1. The highest BCUT2D eigenvalue weighted by atomic mass is 16.5. The van der Waals surface area contributed by atoms with Crippen molar-refractivity contribution in [2.24, 2.45) is 0 Å². The summed E-state index contributed by atoms with van der Waals surface area (Å²) >= 11 is 0. The second-order valence-electron chi connectivity index (χ2n) is 6.04. The van der Waals surface area contributed by atoms with E-state index >= 15 is 0 Å². The minimum absolute atomic E-state index is 0.0476. The van der Waals surface area contributed by atoms with Crippen LogP contribution >= 0.6 is 0 Å². The monoisotopic (exact) mass is 336 g/mol. The number of phenolic OH excluding ortho intramolecular Hbond substituents is 2. The van der Waals surface area contributed by atoms with Gasteiger partial charge in [-0.05, 0) is 66.8 Å². The van der Waals surface area contributed by atoms with Gasteiger partial charge >= 0.3 is 0 Å². The first-order valence-corrected chi connectivity index (χ1v) is 8.18. The number of hydrogen-bond acceptors (Lipinski definition) is 4. The molecular weight excluding hydrogens is 316 g/mol. The van der Waals surface area contributed by atoms with Gasteiger partial charge in [-0.3, -0.25) is 4.79 Å². The molecule has 0 heterocycles. The number of phenols is 2. The van der Waals surface area contributed by atoms with Crippen LogP contribution in [0, 0.1) is 0 Å². The molecule has 1 fully saturated rings. The number of aromatic hydroxyl groups is 2. The summed E-state index contributed by atoms with van der Waals surface area (Å²) in [6, 6.07) is 11.8. The molecule has 3 rings (SSSR count). The van der Waals surface area contributed by atoms with Gasteiger partial charge in [-0.1, -0.05) is 18.2 Å². The smallest absolute Gasteiger partial charge is 0.185 e. The number of Topliss-reactive ketones (excluding diaryl/α,β-unsaturated/α-hetero) is 1. The Morgan fingerprint density at radius 2 is 1.52 bits per heavy atom. The summed E-state index contributed by atoms with van der Waals surface area (Å²) in [6.07, 6.45) is 6.13. The number of benzene rings is 2. The molecule has 2 aromatic carbocycles. The van der Waals surface area contributed by atoms with E-state index in [2.05, 4.69) is 0 Å². The van der Waals surface area contributed by atoms with Crippen LogP contribution in [0.3, 0.4) is 0 Å². The number of methoxy groups -OCH3 is 1. The largest absolute Gasteiger partial charge is 0.508 e. The molecule has 0 unspecified atom stereocenters. The van der Waals surface area contributed by atoms with Gasteiger partial charge in [-0.2, -0.15) is 0 Å². The highest BCUT2D eigenvalue weighted by Gasteiger charge is 2.20. The summed E-state index contributed by atoms with van der Waals surface area (Å²) in [5.41, 5.74) is 3.25. The zero-order chi connectivity index (χ0) is 17.8. The van der Waals surface area contributed by atoms with Crippen LogP contribution in [-0.2, 0) is 4.79 Å². The SMILES string of the molecule is COc1cc(/C=C2/CCC/C(=C/c3ccc(O)cc3)C2=O)ccc1O. The number of hydrogen-bond donors (Lipinski definition) is 2. The first kappa shape index (κ1) is 16.8. The normalized spacial score (nSPS) is 17.9. The number of carbonyl (C=O) groups is 1. The maximum atomic E-state index is 12.8. The lowest BCUT2D eigenvalue weighted by Gasteiger charge is -2.17. The average molecular weight is 336 g/mol. The van der Waals surface area contributed by atoms with Crippen molar-refractivity contribution in [2.75, 3.05) is 7.11 Å². The molecule has 1 aliphatic carbocycles. The lowest BCUT2D eigenvalue weighted by molar-refractivity contribution is -0.112. The van der Waals surface area contributed by atoms with Crippen LogP contribution in [0.15, 0.2) is 53.6 Å². The van der Waals surface area contributed by atoms with Crippen LogP contribution in [-0.4, -0.2) is 23.1 Å². The van der Waals surface area contributed by atoms with Crippen molar-refractivity contribution in [3.8, 4) is 17.2 Å². The molecule has 25 heavy (non-hydrogen) atoms. The van der Waals surface area contributed by atoms with Crippen LogP contribution in [0.2, 0.25) is 0 Å². The molecule has 1 aliphatic rings. The molecule has 0 spiro atoms. The molecule has 0 saturated heterocycles. The van der Waals surface area contributed by atoms with E-state index in [1.54, 1.807) is 42.5 Å². The Hall–Kier alpha value is -3.01. The van der Waals surface area contributed by atoms with Gasteiger partial charge in [0.05, 0.1) is 7.11 Å². The van der Waals surface area contributed by atoms with Gasteiger partial charge in [0.2, 0.25) is 0 Å². The lowest BCUT2D eigenvalue weighted by Crippen LogP contribution is -2.12. The van der Waals surface area contributed by atoms with E-state index in [0.29, 0.717) is 5.75 Å². The Labute approximate surface area is 146 Å². The number of ketones is 1. The van der Waals surface area contributed by atoms with Gasteiger partial charge in [0.1, 0.15) is 5.75 Å². The number of allylic oxidation sites excluding steroid dienone is 2. The zero-order valence-electron chi connectivity index (χ0n) is 14.0. The van der Waals surface area contributed by atoms with Crippen LogP contribution < -0.4 is 4.74 Å². The van der Waals surface area contributed by atoms with Crippen molar-refractivity contribution in [3.05, 3.63) is 64.7 Å². The molecule has 4 nitrogen and oxygen atoms in total. The number of rotatable bonds is 3. The van der Waals surface area contributed by atoms with Crippen molar-refractivity contribution in [3.63, 3.8) is 0 Å². The summed E-state index contributed by atoms with van der Waals surface area (Å²) < 4.78 is 5.12. The molecule has 2 N–H and O–H groups in total. The van der Waals surface area contributed by atoms with E-state index < -0.39 is 0 Å². The summed E-state index contributed by atoms with van der Waals surface area (Å²) in [5, 5.41) is 19.0. The fraction of sp³-hybridized carbons (Fsp3) is 0.190. The van der Waals surface area contributed by atoms with Crippen molar-refractivity contribution >= 4 is 17.9 Å². The van der Waals surface area contributed by atoms with Crippen LogP contribution in [0.1, 0.15) is 30.4 Å². The van der Waals surface area contributed by atoms with Crippen LogP contribution in [0.25, 0.3) is 12.2 Å². The topological polar surface area (TPSA) is 66.8 Å². The van der Waals surface area contributed by atoms with Crippen molar-refractivity contribution < 1.29 is 19.7 Å². The summed E-state index contributed by atoms with van der Waals surface area (Å²) in [7, 11) is 1.50. The maximum Gasteiger partial charge on any atom is 0.185 e. The molecule has 2 aromatic rings. The lowest BCUT2D eigenvalue weighted by atomic mass is 9.87. The third-order valence-electron chi connectivity index (χ3n) is 4.25. The molecule has 0 amide bonds. The molecule has 4 heteroatoms. The van der Waals surface area contributed by atoms with Gasteiger partial charge < -0.3 is 14.9 Å². The molecule has 0 aromatic heterocycles. The summed E-state index contributed by atoms with van der Waals surface area (Å²) in [6.45, 7) is 0. The fourth-order valence-electron chi connectivity index (χ4n) is 2.93. The highest BCUT2D eigenvalue weighted by Crippen LogP contribution is 2.31. The van der Waals surface area contributed by atoms with E-state index in [-0.39, 0.29) is 17.3 Å². The van der Waals surface area contributed by atoms with Gasteiger partial charge in [0.15, 0.2) is 17.3 Å². The van der Waals surface area contributed by atoms with Crippen molar-refractivity contribution in [1.29, 1.82) is 0 Å². The maximum absolute atomic E-state index is 12.8. The molecule has 0 bridgehead atoms. The zero-order valence-corrected chi connectivity index (χ0v) is 14.0. The third-order valence-corrected chi connectivity index (χ3v) is 4.25. The third kappa shape index (κ3) is 3.91. The van der Waals surface area contributed by atoms with E-state index in [0.717, 1.165) is 41.5 Å². The fourth-order valence-corrected chi connectivity index (χ4v) is 2.93. The molecule has 0 aliphatic heterocycles. The average Bonchev–Trinajstić information content (AvgIpc) is 2.62.